The Bertz CT molecular complexity index is 1480. The quantitative estimate of drug-likeness (QED) is 0.435. The summed E-state index contributed by atoms with van der Waals surface area (Å²) in [6, 6.07) is 20.8. The molecule has 0 fully saturated rings. The monoisotopic (exact) mass is 476 g/mol. The molecule has 0 atom stereocenters. The molecule has 0 radical (unpaired) electrons. The first-order valence-electron chi connectivity index (χ1n) is 10.4. The summed E-state index contributed by atoms with van der Waals surface area (Å²) in [5, 5.41) is 12.7. The van der Waals surface area contributed by atoms with Crippen molar-refractivity contribution in [3.63, 3.8) is 0 Å². The summed E-state index contributed by atoms with van der Waals surface area (Å²) in [5.41, 5.74) is 4.38. The molecule has 0 aliphatic rings. The number of sulfonamides is 1. The summed E-state index contributed by atoms with van der Waals surface area (Å²) in [7, 11) is -2.29. The van der Waals surface area contributed by atoms with Gasteiger partial charge in [0.2, 0.25) is 10.0 Å². The molecule has 0 bridgehead atoms. The number of primary sulfonamides is 1. The van der Waals surface area contributed by atoms with Gasteiger partial charge in [0.15, 0.2) is 0 Å². The lowest BCUT2D eigenvalue weighted by molar-refractivity contribution is 0.101. The number of nitrogens with two attached hydrogens (primary N) is 1. The Kier molecular flexibility index (Phi) is 6.23. The van der Waals surface area contributed by atoms with E-state index >= 15 is 0 Å². The van der Waals surface area contributed by atoms with E-state index in [1.54, 1.807) is 66.4 Å². The molecular weight excluding hydrogens is 452 g/mol. The zero-order valence-corrected chi connectivity index (χ0v) is 19.8. The zero-order chi connectivity index (χ0) is 24.5. The van der Waals surface area contributed by atoms with Crippen LogP contribution >= 0.6 is 0 Å². The number of benzene rings is 3. The number of anilines is 1. The summed E-state index contributed by atoms with van der Waals surface area (Å²) in [6.45, 7) is 3.66. The lowest BCUT2D eigenvalue weighted by Crippen LogP contribution is -2.17. The van der Waals surface area contributed by atoms with Crippen LogP contribution in [0.4, 0.5) is 5.69 Å². The normalized spacial score (nSPS) is 11.3. The Labute approximate surface area is 198 Å². The van der Waals surface area contributed by atoms with E-state index in [0.717, 1.165) is 11.3 Å². The Morgan fingerprint density at radius 1 is 0.971 bits per heavy atom. The Morgan fingerprint density at radius 3 is 2.32 bits per heavy atom. The minimum absolute atomic E-state index is 0.0498. The number of nitrogens with one attached hydrogen (secondary N) is 1. The van der Waals surface area contributed by atoms with Gasteiger partial charge in [-0.3, -0.25) is 4.79 Å². The van der Waals surface area contributed by atoms with Gasteiger partial charge in [-0.1, -0.05) is 24.3 Å². The summed E-state index contributed by atoms with van der Waals surface area (Å²) in [4.78, 5) is 13.2. The lowest BCUT2D eigenvalue weighted by atomic mass is 10.00. The summed E-state index contributed by atoms with van der Waals surface area (Å²) < 4.78 is 30.8. The molecule has 4 rings (SSSR count). The molecule has 0 aliphatic carbocycles. The number of methoxy groups -OCH3 is 1. The maximum absolute atomic E-state index is 13.1. The maximum Gasteiger partial charge on any atom is 0.274 e. The standard InChI is InChI=1S/C25H24N4O4S/c1-16-14-18(8-13-21(16)22-6-4-5-7-24(22)34(26,31)32)27-25(30)23-15-17(2)28-29(23)19-9-11-20(33-3)12-10-19/h4-15H,1-3H3,(H,27,30)(H2,26,31,32). The number of rotatable bonds is 6. The molecule has 3 aromatic carbocycles. The van der Waals surface area contributed by atoms with Gasteiger partial charge in [0.1, 0.15) is 11.4 Å². The van der Waals surface area contributed by atoms with Crippen molar-refractivity contribution in [2.45, 2.75) is 18.7 Å². The SMILES string of the molecule is COc1ccc(-n2nc(C)cc2C(=O)Nc2ccc(-c3ccccc3S(N)(=O)=O)c(C)c2)cc1. The molecule has 8 nitrogen and oxygen atoms in total. The first-order valence-corrected chi connectivity index (χ1v) is 12.0. The topological polar surface area (TPSA) is 116 Å². The highest BCUT2D eigenvalue weighted by Gasteiger charge is 2.18. The molecule has 0 unspecified atom stereocenters. The number of carbonyl (C=O) groups excluding carboxylic acids is 1. The molecule has 0 saturated carbocycles. The molecule has 1 amide bonds. The van der Waals surface area contributed by atoms with Crippen LogP contribution in [0.15, 0.2) is 77.7 Å². The zero-order valence-electron chi connectivity index (χ0n) is 18.9. The van der Waals surface area contributed by atoms with E-state index in [1.807, 2.05) is 26.0 Å². The van der Waals surface area contributed by atoms with Crippen LogP contribution in [0.5, 0.6) is 5.75 Å². The molecule has 9 heteroatoms. The fourth-order valence-corrected chi connectivity index (χ4v) is 4.51. The molecule has 174 valence electrons. The van der Waals surface area contributed by atoms with Crippen molar-refractivity contribution in [1.82, 2.24) is 9.78 Å². The van der Waals surface area contributed by atoms with Gasteiger partial charge in [-0.05, 0) is 73.5 Å². The second-order valence-corrected chi connectivity index (χ2v) is 9.34. The van der Waals surface area contributed by atoms with Gasteiger partial charge in [0.25, 0.3) is 5.91 Å². The van der Waals surface area contributed by atoms with Crippen LogP contribution in [0.3, 0.4) is 0 Å². The van der Waals surface area contributed by atoms with Gasteiger partial charge in [-0.15, -0.1) is 0 Å². The van der Waals surface area contributed by atoms with Crippen molar-refractivity contribution in [3.05, 3.63) is 89.7 Å². The van der Waals surface area contributed by atoms with Gasteiger partial charge in [0.05, 0.1) is 23.4 Å². The fourth-order valence-electron chi connectivity index (χ4n) is 3.76. The predicted octanol–water partition coefficient (Wildman–Crippen LogP) is 4.06. The number of aryl methyl sites for hydroxylation is 2. The second-order valence-electron chi connectivity index (χ2n) is 7.81. The van der Waals surface area contributed by atoms with Gasteiger partial charge in [-0.25, -0.2) is 18.2 Å². The van der Waals surface area contributed by atoms with Crippen LogP contribution in [0.25, 0.3) is 16.8 Å². The van der Waals surface area contributed by atoms with E-state index in [9.17, 15) is 13.2 Å². The van der Waals surface area contributed by atoms with Crippen LogP contribution in [0, 0.1) is 13.8 Å². The molecule has 0 spiro atoms. The fraction of sp³-hybridized carbons (Fsp3) is 0.120. The van der Waals surface area contributed by atoms with E-state index in [4.69, 9.17) is 9.88 Å². The minimum atomic E-state index is -3.88. The molecule has 0 aliphatic heterocycles. The van der Waals surface area contributed by atoms with Crippen molar-refractivity contribution in [2.75, 3.05) is 12.4 Å². The number of amides is 1. The van der Waals surface area contributed by atoms with Crippen molar-refractivity contribution in [3.8, 4) is 22.6 Å². The average molecular weight is 477 g/mol. The highest BCUT2D eigenvalue weighted by Crippen LogP contribution is 2.31. The highest BCUT2D eigenvalue weighted by molar-refractivity contribution is 7.89. The van der Waals surface area contributed by atoms with Gasteiger partial charge in [0, 0.05) is 11.3 Å². The minimum Gasteiger partial charge on any atom is -0.497 e. The van der Waals surface area contributed by atoms with Crippen LogP contribution in [-0.4, -0.2) is 31.2 Å². The first-order chi connectivity index (χ1) is 16.2. The summed E-state index contributed by atoms with van der Waals surface area (Å²) in [5.74, 6) is 0.381. The molecule has 3 N–H and O–H groups in total. The highest BCUT2D eigenvalue weighted by atomic mass is 32.2. The number of carbonyl (C=O) groups is 1. The summed E-state index contributed by atoms with van der Waals surface area (Å²) >= 11 is 0. The first kappa shape index (κ1) is 23.2. The van der Waals surface area contributed by atoms with E-state index < -0.39 is 10.0 Å². The van der Waals surface area contributed by atoms with Gasteiger partial charge >= 0.3 is 0 Å². The summed E-state index contributed by atoms with van der Waals surface area (Å²) in [6.07, 6.45) is 0. The third kappa shape index (κ3) is 4.70. The van der Waals surface area contributed by atoms with Crippen LogP contribution in [0.2, 0.25) is 0 Å². The average Bonchev–Trinajstić information content (AvgIpc) is 3.20. The molecule has 0 saturated heterocycles. The van der Waals surface area contributed by atoms with Crippen molar-refractivity contribution < 1.29 is 17.9 Å². The largest absolute Gasteiger partial charge is 0.497 e. The van der Waals surface area contributed by atoms with Crippen molar-refractivity contribution in [1.29, 1.82) is 0 Å². The molecular formula is C25H24N4O4S. The van der Waals surface area contributed by atoms with E-state index in [1.165, 1.54) is 6.07 Å². The second kappa shape index (κ2) is 9.12. The number of hydrogen-bond donors (Lipinski definition) is 2. The number of aromatic nitrogens is 2. The smallest absolute Gasteiger partial charge is 0.274 e. The number of nitrogens with zero attached hydrogens (tertiary/aromatic N) is 2. The third-order valence-electron chi connectivity index (χ3n) is 5.35. The maximum atomic E-state index is 13.1. The van der Waals surface area contributed by atoms with E-state index in [0.29, 0.717) is 34.0 Å². The molecule has 1 aromatic heterocycles. The van der Waals surface area contributed by atoms with E-state index in [-0.39, 0.29) is 10.8 Å². The number of hydrogen-bond acceptors (Lipinski definition) is 5. The van der Waals surface area contributed by atoms with Crippen molar-refractivity contribution in [2.24, 2.45) is 5.14 Å². The van der Waals surface area contributed by atoms with Crippen LogP contribution in [0.1, 0.15) is 21.7 Å². The molecule has 34 heavy (non-hydrogen) atoms. The Hall–Kier alpha value is -3.95. The van der Waals surface area contributed by atoms with Crippen LogP contribution < -0.4 is 15.2 Å². The predicted molar refractivity (Wildman–Crippen MR) is 131 cm³/mol. The Balaban J connectivity index is 1.63. The van der Waals surface area contributed by atoms with Gasteiger partial charge < -0.3 is 10.1 Å². The molecule has 4 aromatic rings. The third-order valence-corrected chi connectivity index (χ3v) is 6.32. The van der Waals surface area contributed by atoms with Gasteiger partial charge in [-0.2, -0.15) is 5.10 Å². The van der Waals surface area contributed by atoms with Crippen LogP contribution in [-0.2, 0) is 10.0 Å². The van der Waals surface area contributed by atoms with Crippen molar-refractivity contribution >= 4 is 21.6 Å². The Morgan fingerprint density at radius 2 is 1.68 bits per heavy atom. The molecule has 1 heterocycles. The number of ether oxygens (including phenoxy) is 1. The van der Waals surface area contributed by atoms with E-state index in [2.05, 4.69) is 10.4 Å². The lowest BCUT2D eigenvalue weighted by Gasteiger charge is -2.13.